The number of anilines is 2. The first-order valence-electron chi connectivity index (χ1n) is 9.97. The first-order chi connectivity index (χ1) is 16.0. The van der Waals surface area contributed by atoms with Gasteiger partial charge in [-0.25, -0.2) is 4.79 Å². The zero-order valence-corrected chi connectivity index (χ0v) is 20.4. The minimum absolute atomic E-state index is 0.378. The van der Waals surface area contributed by atoms with E-state index in [4.69, 9.17) is 18.9 Å². The fraction of sp³-hybridized carbons (Fsp3) is 0.160. The van der Waals surface area contributed by atoms with Crippen molar-refractivity contribution in [2.75, 3.05) is 39.1 Å². The first-order valence-corrected chi connectivity index (χ1v) is 10.8. The van der Waals surface area contributed by atoms with Crippen LogP contribution in [-0.2, 0) is 0 Å². The number of carbonyl (C=O) groups is 1. The number of halogens is 1. The van der Waals surface area contributed by atoms with Crippen LogP contribution in [0.1, 0.15) is 11.1 Å². The Labute approximate surface area is 201 Å². The van der Waals surface area contributed by atoms with Crippen molar-refractivity contribution in [1.82, 2.24) is 0 Å². The number of hydrogen-bond acceptors (Lipinski definition) is 5. The van der Waals surface area contributed by atoms with E-state index < -0.39 is 0 Å². The molecule has 0 heterocycles. The maximum atomic E-state index is 12.5. The van der Waals surface area contributed by atoms with Crippen LogP contribution in [0.25, 0.3) is 12.2 Å². The van der Waals surface area contributed by atoms with Crippen molar-refractivity contribution in [2.45, 2.75) is 0 Å². The molecule has 0 saturated heterocycles. The van der Waals surface area contributed by atoms with Gasteiger partial charge in [-0.05, 0) is 53.6 Å². The largest absolute Gasteiger partial charge is 0.495 e. The molecule has 0 aliphatic carbocycles. The standard InChI is InChI=1S/C25H25BrN2O5/c1-30-21-11-10-16(8-9-17-13-22(31-2)24(33-4)23(14-17)32-3)12-20(21)28-25(29)27-19-7-5-6-18(26)15-19/h5-15H,1-4H3,(H2,27,28,29)/b9-8-. The molecule has 0 aliphatic heterocycles. The molecule has 7 nitrogen and oxygen atoms in total. The molecule has 3 aromatic carbocycles. The summed E-state index contributed by atoms with van der Waals surface area (Å²) >= 11 is 3.39. The van der Waals surface area contributed by atoms with Crippen molar-refractivity contribution in [3.05, 3.63) is 70.2 Å². The summed E-state index contributed by atoms with van der Waals surface area (Å²) in [6.45, 7) is 0. The molecular formula is C25H25BrN2O5. The fourth-order valence-electron chi connectivity index (χ4n) is 3.17. The summed E-state index contributed by atoms with van der Waals surface area (Å²) < 4.78 is 22.5. The van der Waals surface area contributed by atoms with E-state index in [2.05, 4.69) is 26.6 Å². The van der Waals surface area contributed by atoms with Gasteiger partial charge in [0.25, 0.3) is 0 Å². The molecule has 0 atom stereocenters. The second-order valence-corrected chi connectivity index (χ2v) is 7.76. The number of carbonyl (C=O) groups excluding carboxylic acids is 1. The monoisotopic (exact) mass is 512 g/mol. The molecule has 2 N–H and O–H groups in total. The second-order valence-electron chi connectivity index (χ2n) is 6.84. The summed E-state index contributed by atoms with van der Waals surface area (Å²) in [7, 11) is 6.27. The lowest BCUT2D eigenvalue weighted by atomic mass is 10.1. The molecule has 0 radical (unpaired) electrons. The van der Waals surface area contributed by atoms with Gasteiger partial charge in [0.05, 0.1) is 34.1 Å². The Hall–Kier alpha value is -3.65. The maximum absolute atomic E-state index is 12.5. The average Bonchev–Trinajstić information content (AvgIpc) is 2.82. The smallest absolute Gasteiger partial charge is 0.323 e. The van der Waals surface area contributed by atoms with Gasteiger partial charge in [-0.3, -0.25) is 0 Å². The fourth-order valence-corrected chi connectivity index (χ4v) is 3.57. The van der Waals surface area contributed by atoms with Crippen molar-refractivity contribution in [3.8, 4) is 23.0 Å². The predicted octanol–water partition coefficient (Wildman–Crippen LogP) is 6.30. The summed E-state index contributed by atoms with van der Waals surface area (Å²) in [5, 5.41) is 5.64. The van der Waals surface area contributed by atoms with E-state index in [9.17, 15) is 4.79 Å². The number of nitrogens with one attached hydrogen (secondary N) is 2. The summed E-state index contributed by atoms with van der Waals surface area (Å²) in [5.74, 6) is 2.21. The van der Waals surface area contributed by atoms with E-state index >= 15 is 0 Å². The van der Waals surface area contributed by atoms with Crippen LogP contribution < -0.4 is 29.6 Å². The van der Waals surface area contributed by atoms with Crippen LogP contribution >= 0.6 is 15.9 Å². The maximum Gasteiger partial charge on any atom is 0.323 e. The third kappa shape index (κ3) is 6.20. The number of methoxy groups -OCH3 is 4. The third-order valence-corrected chi connectivity index (χ3v) is 5.20. The Morgan fingerprint density at radius 1 is 0.758 bits per heavy atom. The number of ether oxygens (including phenoxy) is 4. The van der Waals surface area contributed by atoms with Crippen LogP contribution in [-0.4, -0.2) is 34.5 Å². The van der Waals surface area contributed by atoms with Gasteiger partial charge in [-0.15, -0.1) is 0 Å². The lowest BCUT2D eigenvalue weighted by molar-refractivity contribution is 0.262. The molecule has 3 rings (SSSR count). The summed E-state index contributed by atoms with van der Waals surface area (Å²) in [5.41, 5.74) is 2.93. The number of rotatable bonds is 8. The molecule has 33 heavy (non-hydrogen) atoms. The average molecular weight is 513 g/mol. The third-order valence-electron chi connectivity index (χ3n) is 4.71. The van der Waals surface area contributed by atoms with Gasteiger partial charge in [-0.1, -0.05) is 40.2 Å². The number of urea groups is 1. The minimum atomic E-state index is -0.378. The number of amides is 2. The quantitative estimate of drug-likeness (QED) is 0.346. The van der Waals surface area contributed by atoms with Gasteiger partial charge >= 0.3 is 6.03 Å². The van der Waals surface area contributed by atoms with E-state index in [1.807, 2.05) is 54.6 Å². The number of benzene rings is 3. The Morgan fingerprint density at radius 2 is 1.42 bits per heavy atom. The molecule has 2 amide bonds. The van der Waals surface area contributed by atoms with Gasteiger partial charge < -0.3 is 29.6 Å². The topological polar surface area (TPSA) is 78.1 Å². The van der Waals surface area contributed by atoms with Crippen LogP contribution in [0.15, 0.2) is 59.1 Å². The Kier molecular flexibility index (Phi) is 8.21. The summed E-state index contributed by atoms with van der Waals surface area (Å²) in [4.78, 5) is 12.5. The van der Waals surface area contributed by atoms with Crippen LogP contribution in [0.3, 0.4) is 0 Å². The van der Waals surface area contributed by atoms with Gasteiger partial charge in [0.2, 0.25) is 5.75 Å². The Bertz CT molecular complexity index is 1140. The van der Waals surface area contributed by atoms with E-state index in [1.165, 1.54) is 0 Å². The van der Waals surface area contributed by atoms with Gasteiger partial charge in [0.15, 0.2) is 11.5 Å². The molecule has 0 aliphatic rings. The predicted molar refractivity (Wildman–Crippen MR) is 135 cm³/mol. The Morgan fingerprint density at radius 3 is 2.03 bits per heavy atom. The highest BCUT2D eigenvalue weighted by molar-refractivity contribution is 9.10. The molecular weight excluding hydrogens is 488 g/mol. The van der Waals surface area contributed by atoms with Crippen molar-refractivity contribution in [1.29, 1.82) is 0 Å². The summed E-state index contributed by atoms with van der Waals surface area (Å²) in [6, 6.07) is 16.2. The highest BCUT2D eigenvalue weighted by atomic mass is 79.9. The normalized spacial score (nSPS) is 10.6. The molecule has 172 valence electrons. The lowest BCUT2D eigenvalue weighted by Crippen LogP contribution is -2.19. The number of hydrogen-bond donors (Lipinski definition) is 2. The van der Waals surface area contributed by atoms with Crippen molar-refractivity contribution in [3.63, 3.8) is 0 Å². The SMILES string of the molecule is COc1ccc(/C=C\c2cc(OC)c(OC)c(OC)c2)cc1NC(=O)Nc1cccc(Br)c1. The molecule has 8 heteroatoms. The van der Waals surface area contributed by atoms with E-state index in [1.54, 1.807) is 40.6 Å². The van der Waals surface area contributed by atoms with E-state index in [-0.39, 0.29) is 6.03 Å². The highest BCUT2D eigenvalue weighted by Gasteiger charge is 2.12. The van der Waals surface area contributed by atoms with Crippen LogP contribution in [0.5, 0.6) is 23.0 Å². The van der Waals surface area contributed by atoms with E-state index in [0.717, 1.165) is 15.6 Å². The molecule has 0 aromatic heterocycles. The van der Waals surface area contributed by atoms with Gasteiger partial charge in [0.1, 0.15) is 5.75 Å². The molecule has 0 saturated carbocycles. The Balaban J connectivity index is 1.82. The molecule has 0 unspecified atom stereocenters. The zero-order chi connectivity index (χ0) is 23.8. The van der Waals surface area contributed by atoms with Gasteiger partial charge in [0, 0.05) is 10.2 Å². The molecule has 0 spiro atoms. The lowest BCUT2D eigenvalue weighted by Gasteiger charge is -2.13. The molecule has 0 bridgehead atoms. The highest BCUT2D eigenvalue weighted by Crippen LogP contribution is 2.38. The molecule has 0 fully saturated rings. The molecule has 3 aromatic rings. The zero-order valence-electron chi connectivity index (χ0n) is 18.8. The van der Waals surface area contributed by atoms with Crippen molar-refractivity contribution in [2.24, 2.45) is 0 Å². The minimum Gasteiger partial charge on any atom is -0.495 e. The van der Waals surface area contributed by atoms with Crippen molar-refractivity contribution < 1.29 is 23.7 Å². The second kappa shape index (κ2) is 11.3. The van der Waals surface area contributed by atoms with E-state index in [0.29, 0.717) is 34.4 Å². The first kappa shape index (κ1) is 24.0. The summed E-state index contributed by atoms with van der Waals surface area (Å²) in [6.07, 6.45) is 3.83. The van der Waals surface area contributed by atoms with Crippen LogP contribution in [0, 0.1) is 0 Å². The van der Waals surface area contributed by atoms with Crippen LogP contribution in [0.4, 0.5) is 16.2 Å². The van der Waals surface area contributed by atoms with Gasteiger partial charge in [-0.2, -0.15) is 0 Å². The van der Waals surface area contributed by atoms with Crippen molar-refractivity contribution >= 4 is 45.5 Å². The van der Waals surface area contributed by atoms with Crippen LogP contribution in [0.2, 0.25) is 0 Å².